The summed E-state index contributed by atoms with van der Waals surface area (Å²) in [6, 6.07) is 2.05. The highest BCUT2D eigenvalue weighted by Crippen LogP contribution is 2.22. The van der Waals surface area contributed by atoms with Gasteiger partial charge >= 0.3 is 0 Å². The summed E-state index contributed by atoms with van der Waals surface area (Å²) in [5.41, 5.74) is 0. The van der Waals surface area contributed by atoms with Crippen molar-refractivity contribution in [1.82, 2.24) is 19.7 Å². The third-order valence-electron chi connectivity index (χ3n) is 4.08. The van der Waals surface area contributed by atoms with Gasteiger partial charge in [-0.05, 0) is 26.7 Å². The van der Waals surface area contributed by atoms with Gasteiger partial charge in [0.1, 0.15) is 11.6 Å². The number of hydrogen-bond donors (Lipinski definition) is 1. The maximum atomic E-state index is 12.6. The molecule has 7 heteroatoms. The second kappa shape index (κ2) is 6.76. The summed E-state index contributed by atoms with van der Waals surface area (Å²) in [6.07, 6.45) is 8.65. The number of aromatic nitrogens is 4. The van der Waals surface area contributed by atoms with E-state index in [0.717, 1.165) is 31.0 Å². The predicted octanol–water partition coefficient (Wildman–Crippen LogP) is 2.11. The fourth-order valence-electron chi connectivity index (χ4n) is 2.91. The SMILES string of the molecule is CC(C)n1nccc1NC(=O)[C@@H]1CCCN(c2cnccn2)C1. The Labute approximate surface area is 135 Å². The van der Waals surface area contributed by atoms with Gasteiger partial charge in [-0.3, -0.25) is 9.78 Å². The van der Waals surface area contributed by atoms with Crippen molar-refractivity contribution in [3.8, 4) is 0 Å². The molecule has 0 radical (unpaired) electrons. The minimum Gasteiger partial charge on any atom is -0.355 e. The van der Waals surface area contributed by atoms with Gasteiger partial charge < -0.3 is 10.2 Å². The molecule has 1 fully saturated rings. The molecule has 122 valence electrons. The normalized spacial score (nSPS) is 18.2. The molecule has 0 aromatic carbocycles. The Morgan fingerprint density at radius 1 is 1.35 bits per heavy atom. The summed E-state index contributed by atoms with van der Waals surface area (Å²) in [5.74, 6) is 1.57. The monoisotopic (exact) mass is 314 g/mol. The van der Waals surface area contributed by atoms with E-state index in [4.69, 9.17) is 0 Å². The van der Waals surface area contributed by atoms with Crippen LogP contribution >= 0.6 is 0 Å². The van der Waals surface area contributed by atoms with Gasteiger partial charge in [0.05, 0.1) is 18.3 Å². The summed E-state index contributed by atoms with van der Waals surface area (Å²) >= 11 is 0. The average molecular weight is 314 g/mol. The van der Waals surface area contributed by atoms with Crippen LogP contribution in [0.3, 0.4) is 0 Å². The maximum absolute atomic E-state index is 12.6. The fourth-order valence-corrected chi connectivity index (χ4v) is 2.91. The molecule has 23 heavy (non-hydrogen) atoms. The minimum absolute atomic E-state index is 0.0426. The van der Waals surface area contributed by atoms with Crippen LogP contribution in [0.4, 0.5) is 11.6 Å². The second-order valence-corrected chi connectivity index (χ2v) is 6.09. The van der Waals surface area contributed by atoms with E-state index in [2.05, 4.69) is 25.3 Å². The molecular formula is C16H22N6O. The van der Waals surface area contributed by atoms with E-state index in [1.165, 1.54) is 0 Å². The Bertz CT molecular complexity index is 654. The number of amides is 1. The molecule has 1 saturated heterocycles. The number of nitrogens with zero attached hydrogens (tertiary/aromatic N) is 5. The quantitative estimate of drug-likeness (QED) is 0.935. The van der Waals surface area contributed by atoms with Crippen molar-refractivity contribution < 1.29 is 4.79 Å². The molecule has 3 rings (SSSR count). The van der Waals surface area contributed by atoms with Gasteiger partial charge in [0.25, 0.3) is 0 Å². The molecule has 1 amide bonds. The van der Waals surface area contributed by atoms with Gasteiger partial charge in [0.2, 0.25) is 5.91 Å². The lowest BCUT2D eigenvalue weighted by Gasteiger charge is -2.32. The first-order chi connectivity index (χ1) is 11.1. The van der Waals surface area contributed by atoms with Crippen LogP contribution in [-0.2, 0) is 4.79 Å². The molecule has 2 aromatic rings. The smallest absolute Gasteiger partial charge is 0.230 e. The number of carbonyl (C=O) groups is 1. The first kappa shape index (κ1) is 15.5. The molecule has 0 bridgehead atoms. The molecule has 2 aromatic heterocycles. The Kier molecular flexibility index (Phi) is 4.55. The van der Waals surface area contributed by atoms with E-state index < -0.39 is 0 Å². The van der Waals surface area contributed by atoms with Crippen molar-refractivity contribution >= 4 is 17.5 Å². The Morgan fingerprint density at radius 2 is 2.22 bits per heavy atom. The lowest BCUT2D eigenvalue weighted by Crippen LogP contribution is -2.41. The van der Waals surface area contributed by atoms with E-state index in [1.54, 1.807) is 24.8 Å². The zero-order chi connectivity index (χ0) is 16.2. The molecule has 7 nitrogen and oxygen atoms in total. The first-order valence-corrected chi connectivity index (χ1v) is 8.00. The van der Waals surface area contributed by atoms with Crippen LogP contribution in [0.5, 0.6) is 0 Å². The van der Waals surface area contributed by atoms with Crippen LogP contribution in [0.15, 0.2) is 30.9 Å². The zero-order valence-electron chi connectivity index (χ0n) is 13.5. The highest BCUT2D eigenvalue weighted by Gasteiger charge is 2.27. The Morgan fingerprint density at radius 3 is 2.96 bits per heavy atom. The molecular weight excluding hydrogens is 292 g/mol. The van der Waals surface area contributed by atoms with Crippen LogP contribution < -0.4 is 10.2 Å². The summed E-state index contributed by atoms with van der Waals surface area (Å²) in [4.78, 5) is 23.2. The van der Waals surface area contributed by atoms with Gasteiger partial charge in [-0.2, -0.15) is 5.10 Å². The van der Waals surface area contributed by atoms with Crippen molar-refractivity contribution in [3.05, 3.63) is 30.9 Å². The highest BCUT2D eigenvalue weighted by molar-refractivity contribution is 5.92. The van der Waals surface area contributed by atoms with Crippen molar-refractivity contribution in [2.75, 3.05) is 23.3 Å². The number of anilines is 2. The van der Waals surface area contributed by atoms with Gasteiger partial charge in [-0.1, -0.05) is 0 Å². The molecule has 0 spiro atoms. The van der Waals surface area contributed by atoms with Crippen LogP contribution in [-0.4, -0.2) is 38.7 Å². The summed E-state index contributed by atoms with van der Waals surface area (Å²) in [6.45, 7) is 5.66. The number of hydrogen-bond acceptors (Lipinski definition) is 5. The first-order valence-electron chi connectivity index (χ1n) is 8.00. The number of piperidine rings is 1. The van der Waals surface area contributed by atoms with Crippen LogP contribution in [0.1, 0.15) is 32.7 Å². The highest BCUT2D eigenvalue weighted by atomic mass is 16.2. The molecule has 0 unspecified atom stereocenters. The zero-order valence-corrected chi connectivity index (χ0v) is 13.5. The van der Waals surface area contributed by atoms with Crippen molar-refractivity contribution in [1.29, 1.82) is 0 Å². The van der Waals surface area contributed by atoms with Crippen LogP contribution in [0.2, 0.25) is 0 Å². The second-order valence-electron chi connectivity index (χ2n) is 6.09. The standard InChI is InChI=1S/C16H22N6O/c1-12(2)22-14(5-6-19-22)20-16(23)13-4-3-9-21(11-13)15-10-17-7-8-18-15/h5-8,10,12-13H,3-4,9,11H2,1-2H3,(H,20,23)/t13-/m1/s1. The minimum atomic E-state index is -0.0544. The lowest BCUT2D eigenvalue weighted by molar-refractivity contribution is -0.120. The third kappa shape index (κ3) is 3.49. The lowest BCUT2D eigenvalue weighted by atomic mass is 9.97. The molecule has 1 aliphatic heterocycles. The molecule has 0 saturated carbocycles. The van der Waals surface area contributed by atoms with Crippen LogP contribution in [0, 0.1) is 5.92 Å². The van der Waals surface area contributed by atoms with Gasteiger partial charge in [-0.15, -0.1) is 0 Å². The summed E-state index contributed by atoms with van der Waals surface area (Å²) in [7, 11) is 0. The topological polar surface area (TPSA) is 75.9 Å². The molecule has 1 N–H and O–H groups in total. The largest absolute Gasteiger partial charge is 0.355 e. The Hall–Kier alpha value is -2.44. The summed E-state index contributed by atoms with van der Waals surface area (Å²) < 4.78 is 1.82. The number of nitrogens with one attached hydrogen (secondary N) is 1. The predicted molar refractivity (Wildman–Crippen MR) is 88.2 cm³/mol. The number of carbonyl (C=O) groups excluding carboxylic acids is 1. The number of rotatable bonds is 4. The van der Waals surface area contributed by atoms with E-state index in [-0.39, 0.29) is 17.9 Å². The molecule has 1 aliphatic rings. The molecule has 1 atom stereocenters. The third-order valence-corrected chi connectivity index (χ3v) is 4.08. The fraction of sp³-hybridized carbons (Fsp3) is 0.500. The van der Waals surface area contributed by atoms with Crippen LogP contribution in [0.25, 0.3) is 0 Å². The van der Waals surface area contributed by atoms with Crippen molar-refractivity contribution in [3.63, 3.8) is 0 Å². The van der Waals surface area contributed by atoms with Gasteiger partial charge in [0.15, 0.2) is 0 Å². The maximum Gasteiger partial charge on any atom is 0.230 e. The summed E-state index contributed by atoms with van der Waals surface area (Å²) in [5, 5.41) is 7.26. The molecule has 0 aliphatic carbocycles. The van der Waals surface area contributed by atoms with E-state index >= 15 is 0 Å². The van der Waals surface area contributed by atoms with Gasteiger partial charge in [-0.25, -0.2) is 9.67 Å². The molecule has 3 heterocycles. The van der Waals surface area contributed by atoms with E-state index in [1.807, 2.05) is 24.6 Å². The van der Waals surface area contributed by atoms with Gasteiger partial charge in [0, 0.05) is 37.6 Å². The van der Waals surface area contributed by atoms with Crippen molar-refractivity contribution in [2.45, 2.75) is 32.7 Å². The van der Waals surface area contributed by atoms with Crippen molar-refractivity contribution in [2.24, 2.45) is 5.92 Å². The van der Waals surface area contributed by atoms with E-state index in [0.29, 0.717) is 6.54 Å². The van der Waals surface area contributed by atoms with E-state index in [9.17, 15) is 4.79 Å². The Balaban J connectivity index is 1.66. The average Bonchev–Trinajstić information content (AvgIpc) is 3.04.